The van der Waals surface area contributed by atoms with Crippen LogP contribution in [0.5, 0.6) is 0 Å². The third kappa shape index (κ3) is 9.80. The summed E-state index contributed by atoms with van der Waals surface area (Å²) in [5, 5.41) is 20.8. The zero-order valence-corrected chi connectivity index (χ0v) is 6.36. The van der Waals surface area contributed by atoms with E-state index in [9.17, 15) is 0 Å². The lowest BCUT2D eigenvalue weighted by Gasteiger charge is -2.00. The van der Waals surface area contributed by atoms with Crippen molar-refractivity contribution in [3.63, 3.8) is 0 Å². The zero-order valence-electron chi connectivity index (χ0n) is 6.36. The molecule has 0 aliphatic carbocycles. The molecule has 0 aromatic carbocycles. The highest BCUT2D eigenvalue weighted by Crippen LogP contribution is 1.86. The molecule has 0 fully saturated rings. The van der Waals surface area contributed by atoms with Crippen molar-refractivity contribution in [3.05, 3.63) is 0 Å². The molecule has 0 spiro atoms. The first-order valence-corrected chi connectivity index (χ1v) is 3.54. The van der Waals surface area contributed by atoms with Gasteiger partial charge in [-0.3, -0.25) is 0 Å². The third-order valence-electron chi connectivity index (χ3n) is 0.868. The van der Waals surface area contributed by atoms with Crippen LogP contribution in [0.25, 0.3) is 0 Å². The van der Waals surface area contributed by atoms with Crippen LogP contribution < -0.4 is 0 Å². The highest BCUT2D eigenvalue weighted by atomic mass is 17.5. The van der Waals surface area contributed by atoms with Gasteiger partial charge < -0.3 is 10.2 Å². The summed E-state index contributed by atoms with van der Waals surface area (Å²) in [7, 11) is 0. The molecular weight excluding hydrogens is 152 g/mol. The fraction of sp³-hybridized carbons (Fsp3) is 1.00. The van der Waals surface area contributed by atoms with Crippen LogP contribution in [0.4, 0.5) is 0 Å². The fourth-order valence-corrected chi connectivity index (χ4v) is 0.349. The highest BCUT2D eigenvalue weighted by Gasteiger charge is 1.89. The van der Waals surface area contributed by atoms with Crippen molar-refractivity contribution in [3.8, 4) is 0 Å². The summed E-state index contributed by atoms with van der Waals surface area (Å²) in [5.74, 6) is 0. The number of aliphatic hydroxyl groups excluding tert-OH is 2. The van der Waals surface area contributed by atoms with E-state index in [1.165, 1.54) is 0 Å². The summed E-state index contributed by atoms with van der Waals surface area (Å²) in [6, 6.07) is 0. The van der Waals surface area contributed by atoms with Gasteiger partial charge in [-0.2, -0.15) is 0 Å². The Balaban J connectivity index is 2.69. The minimum Gasteiger partial charge on any atom is -0.396 e. The quantitative estimate of drug-likeness (QED) is 0.292. The Morgan fingerprint density at radius 3 is 1.64 bits per heavy atom. The lowest BCUT2D eigenvalue weighted by Crippen LogP contribution is -2.02. The van der Waals surface area contributed by atoms with E-state index in [4.69, 9.17) is 10.2 Å². The van der Waals surface area contributed by atoms with Gasteiger partial charge in [0.25, 0.3) is 0 Å². The molecule has 0 bridgehead atoms. The molecule has 0 atom stereocenters. The van der Waals surface area contributed by atoms with Crippen molar-refractivity contribution in [1.82, 2.24) is 0 Å². The van der Waals surface area contributed by atoms with Crippen LogP contribution in [0.1, 0.15) is 12.8 Å². The Hall–Kier alpha value is -0.200. The molecule has 2 N–H and O–H groups in total. The van der Waals surface area contributed by atoms with Crippen molar-refractivity contribution in [2.45, 2.75) is 12.8 Å². The molecule has 0 heterocycles. The zero-order chi connectivity index (χ0) is 8.36. The second-order valence-electron chi connectivity index (χ2n) is 1.87. The summed E-state index contributed by atoms with van der Waals surface area (Å²) in [5.41, 5.74) is 0. The lowest BCUT2D eigenvalue weighted by atomic mass is 10.5. The number of aliphatic hydroxyl groups is 2. The molecular formula is C6H14O5. The van der Waals surface area contributed by atoms with E-state index in [0.29, 0.717) is 26.1 Å². The standard InChI is InChI=1S/C6H14O5/c7-3-1-5-9-11-10-6-2-4-8/h7-8H,1-6H2. The average molecular weight is 166 g/mol. The smallest absolute Gasteiger partial charge is 0.0875 e. The highest BCUT2D eigenvalue weighted by molar-refractivity contribution is 4.25. The molecule has 5 heteroatoms. The molecule has 0 aliphatic heterocycles. The van der Waals surface area contributed by atoms with Crippen molar-refractivity contribution in [2.75, 3.05) is 26.4 Å². The molecule has 0 aromatic heterocycles. The first-order chi connectivity index (χ1) is 5.41. The fourth-order valence-electron chi connectivity index (χ4n) is 0.349. The van der Waals surface area contributed by atoms with Gasteiger partial charge >= 0.3 is 0 Å². The van der Waals surface area contributed by atoms with Gasteiger partial charge in [0, 0.05) is 13.2 Å². The second-order valence-corrected chi connectivity index (χ2v) is 1.87. The van der Waals surface area contributed by atoms with Gasteiger partial charge in [0.15, 0.2) is 0 Å². The van der Waals surface area contributed by atoms with Gasteiger partial charge in [0.2, 0.25) is 0 Å². The predicted molar refractivity (Wildman–Crippen MR) is 36.4 cm³/mol. The number of hydrogen-bond donors (Lipinski definition) is 2. The van der Waals surface area contributed by atoms with Crippen LogP contribution in [0.3, 0.4) is 0 Å². The minimum absolute atomic E-state index is 0.0694. The first kappa shape index (κ1) is 10.8. The maximum atomic E-state index is 8.30. The normalized spacial score (nSPS) is 10.4. The van der Waals surface area contributed by atoms with Gasteiger partial charge in [-0.15, -0.1) is 0 Å². The summed E-state index contributed by atoms with van der Waals surface area (Å²) < 4.78 is 0. The Morgan fingerprint density at radius 2 is 1.27 bits per heavy atom. The average Bonchev–Trinajstić information content (AvgIpc) is 2.03. The molecule has 0 rings (SSSR count). The van der Waals surface area contributed by atoms with Crippen molar-refractivity contribution >= 4 is 0 Å². The van der Waals surface area contributed by atoms with E-state index in [0.717, 1.165) is 0 Å². The Kier molecular flexibility index (Phi) is 9.62. The van der Waals surface area contributed by atoms with E-state index in [-0.39, 0.29) is 13.2 Å². The molecule has 68 valence electrons. The third-order valence-corrected chi connectivity index (χ3v) is 0.868. The number of hydrogen-bond acceptors (Lipinski definition) is 5. The van der Waals surface area contributed by atoms with Crippen molar-refractivity contribution in [2.24, 2.45) is 0 Å². The Labute approximate surface area is 65.4 Å². The number of rotatable bonds is 8. The summed E-state index contributed by atoms with van der Waals surface area (Å²) in [6.07, 6.45) is 1.03. The van der Waals surface area contributed by atoms with Crippen LogP contribution in [0, 0.1) is 0 Å². The maximum absolute atomic E-state index is 8.30. The van der Waals surface area contributed by atoms with Crippen molar-refractivity contribution in [1.29, 1.82) is 0 Å². The van der Waals surface area contributed by atoms with Crippen LogP contribution in [-0.2, 0) is 14.8 Å². The Bertz CT molecular complexity index is 60.0. The topological polar surface area (TPSA) is 68.2 Å². The monoisotopic (exact) mass is 166 g/mol. The first-order valence-electron chi connectivity index (χ1n) is 3.54. The van der Waals surface area contributed by atoms with Crippen molar-refractivity contribution < 1.29 is 25.0 Å². The van der Waals surface area contributed by atoms with Crippen LogP contribution in [0.15, 0.2) is 0 Å². The molecule has 5 nitrogen and oxygen atoms in total. The van der Waals surface area contributed by atoms with Gasteiger partial charge in [-0.1, -0.05) is 5.04 Å². The molecule has 11 heavy (non-hydrogen) atoms. The van der Waals surface area contributed by atoms with Gasteiger partial charge in [0.05, 0.1) is 13.2 Å². The van der Waals surface area contributed by atoms with Crippen LogP contribution in [0.2, 0.25) is 0 Å². The minimum atomic E-state index is 0.0694. The SMILES string of the molecule is OCCCOOOCCCO. The Morgan fingerprint density at radius 1 is 0.818 bits per heavy atom. The lowest BCUT2D eigenvalue weighted by molar-refractivity contribution is -0.512. The summed E-state index contributed by atoms with van der Waals surface area (Å²) in [6.45, 7) is 0.741. The molecule has 0 aromatic rings. The molecule has 0 saturated heterocycles. The van der Waals surface area contributed by atoms with E-state index in [1.54, 1.807) is 0 Å². The van der Waals surface area contributed by atoms with Crippen LogP contribution in [-0.4, -0.2) is 36.6 Å². The van der Waals surface area contributed by atoms with E-state index in [2.05, 4.69) is 14.8 Å². The van der Waals surface area contributed by atoms with Crippen LogP contribution >= 0.6 is 0 Å². The van der Waals surface area contributed by atoms with Gasteiger partial charge in [-0.25, -0.2) is 9.78 Å². The van der Waals surface area contributed by atoms with E-state index < -0.39 is 0 Å². The van der Waals surface area contributed by atoms with Gasteiger partial charge in [0.1, 0.15) is 0 Å². The molecule has 0 radical (unpaired) electrons. The summed E-state index contributed by atoms with van der Waals surface area (Å²) >= 11 is 0. The molecule has 0 unspecified atom stereocenters. The maximum Gasteiger partial charge on any atom is 0.0875 e. The predicted octanol–water partition coefficient (Wildman–Crippen LogP) is -0.369. The molecule has 0 aliphatic rings. The van der Waals surface area contributed by atoms with E-state index in [1.807, 2.05) is 0 Å². The van der Waals surface area contributed by atoms with E-state index >= 15 is 0 Å². The largest absolute Gasteiger partial charge is 0.396 e. The summed E-state index contributed by atoms with van der Waals surface area (Å²) in [4.78, 5) is 8.91. The van der Waals surface area contributed by atoms with Gasteiger partial charge in [-0.05, 0) is 12.8 Å². The molecule has 0 saturated carbocycles. The molecule has 0 amide bonds. The second kappa shape index (κ2) is 9.80.